The van der Waals surface area contributed by atoms with E-state index in [9.17, 15) is 0 Å². The van der Waals surface area contributed by atoms with Gasteiger partial charge in [-0.1, -0.05) is 153 Å². The van der Waals surface area contributed by atoms with Gasteiger partial charge in [-0.15, -0.1) is 0 Å². The van der Waals surface area contributed by atoms with Gasteiger partial charge in [-0.25, -0.2) is 0 Å². The molecule has 0 N–H and O–H groups in total. The van der Waals surface area contributed by atoms with Crippen LogP contribution in [0.4, 0.5) is 0 Å². The Kier molecular flexibility index (Phi) is 7.37. The van der Waals surface area contributed by atoms with Crippen molar-refractivity contribution in [3.8, 4) is 33.6 Å². The van der Waals surface area contributed by atoms with Gasteiger partial charge in [0.05, 0.1) is 16.6 Å². The zero-order chi connectivity index (χ0) is 35.5. The second-order valence-corrected chi connectivity index (χ2v) is 13.6. The van der Waals surface area contributed by atoms with E-state index in [0.29, 0.717) is 0 Å². The summed E-state index contributed by atoms with van der Waals surface area (Å²) in [5.74, 6) is 0. The summed E-state index contributed by atoms with van der Waals surface area (Å²) in [6, 6.07) is 62.4. The van der Waals surface area contributed by atoms with Crippen molar-refractivity contribution in [1.82, 2.24) is 9.13 Å². The van der Waals surface area contributed by atoms with Gasteiger partial charge in [-0.05, 0) is 86.3 Å². The Hall–Kier alpha value is -6.64. The summed E-state index contributed by atoms with van der Waals surface area (Å²) in [5.41, 5.74) is 13.8. The van der Waals surface area contributed by atoms with E-state index >= 15 is 0 Å². The lowest BCUT2D eigenvalue weighted by molar-refractivity contribution is 1.01. The summed E-state index contributed by atoms with van der Waals surface area (Å²) < 4.78 is 4.83. The van der Waals surface area contributed by atoms with Crippen molar-refractivity contribution in [2.75, 3.05) is 0 Å². The molecule has 2 heterocycles. The van der Waals surface area contributed by atoms with Crippen molar-refractivity contribution >= 4 is 60.3 Å². The molecule has 1 aliphatic rings. The fourth-order valence-electron chi connectivity index (χ4n) is 8.79. The predicted molar refractivity (Wildman–Crippen MR) is 228 cm³/mol. The average Bonchev–Trinajstić information content (AvgIpc) is 3.93. The number of fused-ring (bicyclic) bond motifs is 8. The third kappa shape index (κ3) is 4.72. The Morgan fingerprint density at radius 3 is 1.17 bits per heavy atom. The summed E-state index contributed by atoms with van der Waals surface area (Å²) in [6.45, 7) is 4.00. The van der Waals surface area contributed by atoms with Gasteiger partial charge in [0.2, 0.25) is 0 Å². The predicted octanol–water partition coefficient (Wildman–Crippen LogP) is 14.0. The fraction of sp³-hybridized carbons (Fsp3) is 0.0588. The first-order valence-electron chi connectivity index (χ1n) is 18.8. The Balaban J connectivity index is 0.00000172. The minimum Gasteiger partial charge on any atom is -0.313 e. The number of rotatable bonds is 4. The van der Waals surface area contributed by atoms with Crippen molar-refractivity contribution in [3.63, 3.8) is 0 Å². The molecule has 0 amide bonds. The van der Waals surface area contributed by atoms with Crippen molar-refractivity contribution in [2.24, 2.45) is 0 Å². The molecule has 0 unspecified atom stereocenters. The highest BCUT2D eigenvalue weighted by atomic mass is 15.0. The van der Waals surface area contributed by atoms with E-state index in [-0.39, 0.29) is 0 Å². The number of nitrogens with zero attached hydrogens (tertiary/aromatic N) is 2. The number of allylic oxidation sites excluding steroid dienone is 1. The first-order valence-corrected chi connectivity index (χ1v) is 18.8. The highest BCUT2D eigenvalue weighted by molar-refractivity contribution is 6.21. The van der Waals surface area contributed by atoms with E-state index in [0.717, 1.165) is 6.42 Å². The third-order valence-electron chi connectivity index (χ3n) is 11.0. The molecular weight excluding hydrogens is 641 g/mol. The molecule has 2 nitrogen and oxygen atoms in total. The van der Waals surface area contributed by atoms with Crippen LogP contribution in [-0.4, -0.2) is 9.13 Å². The maximum absolute atomic E-state index is 2.44. The van der Waals surface area contributed by atoms with E-state index in [1.54, 1.807) is 0 Å². The van der Waals surface area contributed by atoms with Crippen LogP contribution in [0.1, 0.15) is 25.1 Å². The van der Waals surface area contributed by atoms with E-state index in [2.05, 4.69) is 191 Å². The lowest BCUT2D eigenvalue weighted by Crippen LogP contribution is -1.99. The molecule has 11 rings (SSSR count). The van der Waals surface area contributed by atoms with Crippen LogP contribution in [0.2, 0.25) is 0 Å². The molecule has 8 aromatic carbocycles. The number of para-hydroxylation sites is 3. The van der Waals surface area contributed by atoms with Crippen molar-refractivity contribution in [3.05, 3.63) is 187 Å². The fourth-order valence-corrected chi connectivity index (χ4v) is 8.79. The molecule has 2 heteroatoms. The Morgan fingerprint density at radius 2 is 0.717 bits per heavy atom. The molecule has 0 saturated carbocycles. The Labute approximate surface area is 309 Å². The second-order valence-electron chi connectivity index (χ2n) is 13.6. The van der Waals surface area contributed by atoms with E-state index in [1.165, 1.54) is 99.1 Å². The van der Waals surface area contributed by atoms with Crippen LogP contribution in [0.25, 0.3) is 94.0 Å². The van der Waals surface area contributed by atoms with Crippen LogP contribution in [0, 0.1) is 0 Å². The Morgan fingerprint density at radius 1 is 0.358 bits per heavy atom. The molecular formula is C51H38N2. The first kappa shape index (κ1) is 31.1. The largest absolute Gasteiger partial charge is 0.313 e. The van der Waals surface area contributed by atoms with Crippen molar-refractivity contribution < 1.29 is 0 Å². The molecule has 0 aliphatic heterocycles. The van der Waals surface area contributed by atoms with Gasteiger partial charge in [0.25, 0.3) is 0 Å². The molecule has 252 valence electrons. The standard InChI is InChI=1S/C49H32N2.C2H6/c1-3-17-42-40(15-1)48(32-24-28-34(29-25-32)50-44-20-8-5-12-36(44)37-13-6-9-21-45(37)50)41-16-2-4-18-43(41)49(42)33-26-30-35(31-27-33)51-46-22-10-7-14-38(46)39-19-11-23-47(39)51;1-2/h1-22,24-31H,23H2;1-2H3. The van der Waals surface area contributed by atoms with E-state index in [1.807, 2.05) is 13.8 Å². The molecule has 53 heavy (non-hydrogen) atoms. The highest BCUT2D eigenvalue weighted by Gasteiger charge is 2.20. The van der Waals surface area contributed by atoms with Crippen LogP contribution in [0.15, 0.2) is 176 Å². The normalized spacial score (nSPS) is 12.2. The molecule has 0 atom stereocenters. The lowest BCUT2D eigenvalue weighted by Gasteiger charge is -2.18. The molecule has 0 bridgehead atoms. The van der Waals surface area contributed by atoms with Crippen molar-refractivity contribution in [1.29, 1.82) is 0 Å². The lowest BCUT2D eigenvalue weighted by atomic mass is 9.86. The number of hydrogen-bond donors (Lipinski definition) is 0. The van der Waals surface area contributed by atoms with E-state index < -0.39 is 0 Å². The van der Waals surface area contributed by atoms with Gasteiger partial charge >= 0.3 is 0 Å². The van der Waals surface area contributed by atoms with Crippen LogP contribution < -0.4 is 0 Å². The van der Waals surface area contributed by atoms with Gasteiger partial charge in [0.15, 0.2) is 0 Å². The molecule has 0 fully saturated rings. The summed E-state index contributed by atoms with van der Waals surface area (Å²) in [5, 5.41) is 8.94. The molecule has 0 radical (unpaired) electrons. The minimum atomic E-state index is 0.960. The van der Waals surface area contributed by atoms with Crippen LogP contribution in [0.5, 0.6) is 0 Å². The highest BCUT2D eigenvalue weighted by Crippen LogP contribution is 2.44. The minimum absolute atomic E-state index is 0.960. The number of aromatic nitrogens is 2. The summed E-state index contributed by atoms with van der Waals surface area (Å²) >= 11 is 0. The zero-order valence-corrected chi connectivity index (χ0v) is 29.9. The van der Waals surface area contributed by atoms with Gasteiger partial charge in [-0.2, -0.15) is 0 Å². The van der Waals surface area contributed by atoms with Gasteiger partial charge in [0, 0.05) is 45.2 Å². The molecule has 10 aromatic rings. The average molecular weight is 679 g/mol. The first-order chi connectivity index (χ1) is 26.3. The van der Waals surface area contributed by atoms with Gasteiger partial charge < -0.3 is 9.13 Å². The van der Waals surface area contributed by atoms with Gasteiger partial charge in [0.1, 0.15) is 0 Å². The van der Waals surface area contributed by atoms with Crippen LogP contribution in [0.3, 0.4) is 0 Å². The second kappa shape index (κ2) is 12.5. The Bertz CT molecular complexity index is 2910. The van der Waals surface area contributed by atoms with Gasteiger partial charge in [-0.3, -0.25) is 0 Å². The molecule has 2 aromatic heterocycles. The number of benzene rings is 8. The SMILES string of the molecule is C1=Cc2c(n(-c3ccc(-c4c5ccccc5c(-c5ccc(-n6c7ccccc7c7ccccc76)cc5)c5ccccc45)cc3)c3ccccc23)C1.CC. The quantitative estimate of drug-likeness (QED) is 0.164. The number of hydrogen-bond acceptors (Lipinski definition) is 0. The monoisotopic (exact) mass is 678 g/mol. The summed E-state index contributed by atoms with van der Waals surface area (Å²) in [6.07, 6.45) is 5.52. The smallest absolute Gasteiger partial charge is 0.0541 e. The van der Waals surface area contributed by atoms with Crippen molar-refractivity contribution in [2.45, 2.75) is 20.3 Å². The maximum Gasteiger partial charge on any atom is 0.0541 e. The van der Waals surface area contributed by atoms with E-state index in [4.69, 9.17) is 0 Å². The van der Waals surface area contributed by atoms with Crippen LogP contribution >= 0.6 is 0 Å². The maximum atomic E-state index is 2.44. The summed E-state index contributed by atoms with van der Waals surface area (Å²) in [7, 11) is 0. The van der Waals surface area contributed by atoms with Crippen LogP contribution in [-0.2, 0) is 6.42 Å². The zero-order valence-electron chi connectivity index (χ0n) is 29.9. The molecule has 0 spiro atoms. The third-order valence-corrected chi connectivity index (χ3v) is 11.0. The topological polar surface area (TPSA) is 9.86 Å². The summed E-state index contributed by atoms with van der Waals surface area (Å²) in [4.78, 5) is 0. The molecule has 0 saturated heterocycles. The molecule has 1 aliphatic carbocycles.